The zero-order valence-corrected chi connectivity index (χ0v) is 10.9. The molecule has 0 unspecified atom stereocenters. The molecule has 0 aliphatic rings. The molecule has 0 aliphatic heterocycles. The topological polar surface area (TPSA) is 59.0 Å². The lowest BCUT2D eigenvalue weighted by atomic mass is 10.3. The molecule has 0 saturated heterocycles. The second-order valence-electron chi connectivity index (χ2n) is 4.42. The van der Waals surface area contributed by atoms with Crippen LogP contribution in [-0.2, 0) is 17.9 Å². The highest BCUT2D eigenvalue weighted by Crippen LogP contribution is 2.00. The maximum absolute atomic E-state index is 11.0. The molecule has 96 valence electrons. The quantitative estimate of drug-likeness (QED) is 0.742. The normalized spacial score (nSPS) is 10.8. The van der Waals surface area contributed by atoms with Crippen LogP contribution in [0, 0.1) is 0 Å². The predicted octanol–water partition coefficient (Wildman–Crippen LogP) is 0.907. The monoisotopic (exact) mass is 238 g/mol. The molecule has 0 bridgehead atoms. The van der Waals surface area contributed by atoms with Gasteiger partial charge in [-0.25, -0.2) is 4.98 Å². The van der Waals surface area contributed by atoms with Crippen LogP contribution in [0.25, 0.3) is 0 Å². The third-order valence-corrected chi connectivity index (χ3v) is 2.48. The summed E-state index contributed by atoms with van der Waals surface area (Å²) in [5, 5.41) is 5.93. The second kappa shape index (κ2) is 7.06. The van der Waals surface area contributed by atoms with Gasteiger partial charge >= 0.3 is 0 Å². The molecule has 0 saturated carbocycles. The Balaban J connectivity index is 2.28. The van der Waals surface area contributed by atoms with E-state index in [1.807, 2.05) is 17.1 Å². The highest BCUT2D eigenvalue weighted by molar-refractivity contribution is 5.75. The standard InChI is InChI=1S/C12H22N4O/c1-10(2)14-7-11-8-16(9-15-11)6-4-5-12(17)13-3/h8-10,14H,4-7H2,1-3H3,(H,13,17). The van der Waals surface area contributed by atoms with Gasteiger partial charge in [0.25, 0.3) is 0 Å². The van der Waals surface area contributed by atoms with Crippen LogP contribution in [-0.4, -0.2) is 28.5 Å². The van der Waals surface area contributed by atoms with Crippen LogP contribution >= 0.6 is 0 Å². The molecule has 5 nitrogen and oxygen atoms in total. The van der Waals surface area contributed by atoms with Crippen LogP contribution in [0.5, 0.6) is 0 Å². The summed E-state index contributed by atoms with van der Waals surface area (Å²) in [7, 11) is 1.66. The molecule has 2 N–H and O–H groups in total. The second-order valence-corrected chi connectivity index (χ2v) is 4.42. The lowest BCUT2D eigenvalue weighted by Crippen LogP contribution is -2.21. The summed E-state index contributed by atoms with van der Waals surface area (Å²) in [6, 6.07) is 0.466. The van der Waals surface area contributed by atoms with Crippen molar-refractivity contribution in [3.05, 3.63) is 18.2 Å². The van der Waals surface area contributed by atoms with Crippen molar-refractivity contribution in [3.63, 3.8) is 0 Å². The average molecular weight is 238 g/mol. The fourth-order valence-corrected chi connectivity index (χ4v) is 1.48. The van der Waals surface area contributed by atoms with Crippen molar-refractivity contribution in [2.75, 3.05) is 7.05 Å². The van der Waals surface area contributed by atoms with Gasteiger partial charge in [-0.2, -0.15) is 0 Å². The Kier molecular flexibility index (Phi) is 5.69. The van der Waals surface area contributed by atoms with E-state index in [9.17, 15) is 4.79 Å². The minimum atomic E-state index is 0.0896. The molecule has 17 heavy (non-hydrogen) atoms. The maximum Gasteiger partial charge on any atom is 0.219 e. The molecule has 1 heterocycles. The molecule has 5 heteroatoms. The van der Waals surface area contributed by atoms with Crippen LogP contribution in [0.1, 0.15) is 32.4 Å². The van der Waals surface area contributed by atoms with E-state index in [-0.39, 0.29) is 5.91 Å². The predicted molar refractivity (Wildman–Crippen MR) is 67.5 cm³/mol. The minimum absolute atomic E-state index is 0.0896. The minimum Gasteiger partial charge on any atom is -0.359 e. The summed E-state index contributed by atoms with van der Waals surface area (Å²) < 4.78 is 2.03. The van der Waals surface area contributed by atoms with Crippen LogP contribution < -0.4 is 10.6 Å². The van der Waals surface area contributed by atoms with Gasteiger partial charge in [-0.1, -0.05) is 13.8 Å². The van der Waals surface area contributed by atoms with Gasteiger partial charge in [-0.15, -0.1) is 0 Å². The van der Waals surface area contributed by atoms with E-state index in [2.05, 4.69) is 29.5 Å². The van der Waals surface area contributed by atoms with Crippen molar-refractivity contribution >= 4 is 5.91 Å². The number of rotatable bonds is 7. The molecule has 1 aromatic heterocycles. The van der Waals surface area contributed by atoms with Gasteiger partial charge in [0, 0.05) is 38.8 Å². The molecule has 0 aliphatic carbocycles. The summed E-state index contributed by atoms with van der Waals surface area (Å²) in [5.41, 5.74) is 1.04. The molecule has 0 atom stereocenters. The van der Waals surface area contributed by atoms with Crippen molar-refractivity contribution < 1.29 is 4.79 Å². The van der Waals surface area contributed by atoms with Gasteiger partial charge in [-0.3, -0.25) is 4.79 Å². The van der Waals surface area contributed by atoms with Crippen molar-refractivity contribution in [3.8, 4) is 0 Å². The number of amides is 1. The van der Waals surface area contributed by atoms with Crippen LogP contribution in [0.2, 0.25) is 0 Å². The largest absolute Gasteiger partial charge is 0.359 e. The molecular weight excluding hydrogens is 216 g/mol. The Morgan fingerprint density at radius 1 is 1.53 bits per heavy atom. The summed E-state index contributed by atoms with van der Waals surface area (Å²) in [5.74, 6) is 0.0896. The third-order valence-electron chi connectivity index (χ3n) is 2.48. The van der Waals surface area contributed by atoms with Gasteiger partial charge in [0.05, 0.1) is 12.0 Å². The Morgan fingerprint density at radius 3 is 2.94 bits per heavy atom. The number of imidazole rings is 1. The van der Waals surface area contributed by atoms with Gasteiger partial charge in [-0.05, 0) is 6.42 Å². The lowest BCUT2D eigenvalue weighted by molar-refractivity contribution is -0.120. The molecule has 0 radical (unpaired) electrons. The van der Waals surface area contributed by atoms with E-state index in [0.29, 0.717) is 12.5 Å². The Labute approximate surface area is 103 Å². The van der Waals surface area contributed by atoms with Crippen LogP contribution in [0.4, 0.5) is 0 Å². The maximum atomic E-state index is 11.0. The molecule has 0 spiro atoms. The SMILES string of the molecule is CNC(=O)CCCn1cnc(CNC(C)C)c1. The first kappa shape index (κ1) is 13.7. The number of hydrogen-bond acceptors (Lipinski definition) is 3. The van der Waals surface area contributed by atoms with Crippen molar-refractivity contribution in [1.29, 1.82) is 0 Å². The van der Waals surface area contributed by atoms with Gasteiger partial charge in [0.1, 0.15) is 0 Å². The smallest absolute Gasteiger partial charge is 0.219 e. The Morgan fingerprint density at radius 2 is 2.29 bits per heavy atom. The van der Waals surface area contributed by atoms with Crippen LogP contribution in [0.3, 0.4) is 0 Å². The first-order valence-electron chi connectivity index (χ1n) is 6.06. The summed E-state index contributed by atoms with van der Waals surface area (Å²) in [4.78, 5) is 15.3. The van der Waals surface area contributed by atoms with Crippen LogP contribution in [0.15, 0.2) is 12.5 Å². The molecule has 1 amide bonds. The molecule has 0 fully saturated rings. The molecular formula is C12H22N4O. The average Bonchev–Trinajstić information content (AvgIpc) is 2.74. The number of carbonyl (C=O) groups is 1. The highest BCUT2D eigenvalue weighted by Gasteiger charge is 2.01. The third kappa shape index (κ3) is 5.49. The van der Waals surface area contributed by atoms with E-state index in [4.69, 9.17) is 0 Å². The Hall–Kier alpha value is -1.36. The van der Waals surface area contributed by atoms with Crippen molar-refractivity contribution in [2.24, 2.45) is 0 Å². The summed E-state index contributed by atoms with van der Waals surface area (Å²) in [6.45, 7) is 5.85. The van der Waals surface area contributed by atoms with E-state index >= 15 is 0 Å². The number of aryl methyl sites for hydroxylation is 1. The van der Waals surface area contributed by atoms with Gasteiger partial charge in [0.2, 0.25) is 5.91 Å². The molecule has 1 aromatic rings. The summed E-state index contributed by atoms with van der Waals surface area (Å²) in [6.07, 6.45) is 5.25. The fourth-order valence-electron chi connectivity index (χ4n) is 1.48. The fraction of sp³-hybridized carbons (Fsp3) is 0.667. The van der Waals surface area contributed by atoms with E-state index in [0.717, 1.165) is 25.2 Å². The number of aromatic nitrogens is 2. The number of nitrogens with one attached hydrogen (secondary N) is 2. The number of carbonyl (C=O) groups excluding carboxylic acids is 1. The molecule has 0 aromatic carbocycles. The first-order valence-corrected chi connectivity index (χ1v) is 6.06. The number of hydrogen-bond donors (Lipinski definition) is 2. The van der Waals surface area contributed by atoms with Gasteiger partial charge in [0.15, 0.2) is 0 Å². The van der Waals surface area contributed by atoms with Gasteiger partial charge < -0.3 is 15.2 Å². The highest BCUT2D eigenvalue weighted by atomic mass is 16.1. The van der Waals surface area contributed by atoms with Crippen molar-refractivity contribution in [2.45, 2.75) is 45.8 Å². The van der Waals surface area contributed by atoms with E-state index in [1.165, 1.54) is 0 Å². The molecule has 1 rings (SSSR count). The van der Waals surface area contributed by atoms with Crippen molar-refractivity contribution in [1.82, 2.24) is 20.2 Å². The number of nitrogens with zero attached hydrogens (tertiary/aromatic N) is 2. The summed E-state index contributed by atoms with van der Waals surface area (Å²) >= 11 is 0. The van der Waals surface area contributed by atoms with E-state index < -0.39 is 0 Å². The first-order chi connectivity index (χ1) is 8.11. The van der Waals surface area contributed by atoms with E-state index in [1.54, 1.807) is 7.05 Å². The zero-order chi connectivity index (χ0) is 12.7. The zero-order valence-electron chi connectivity index (χ0n) is 10.9. The lowest BCUT2D eigenvalue weighted by Gasteiger charge is -2.05. The Bertz CT molecular complexity index is 346.